The number of carboxylic acids is 1. The minimum atomic E-state index is -0.881. The summed E-state index contributed by atoms with van der Waals surface area (Å²) in [6.07, 6.45) is 5.09. The number of nitrogens with one attached hydrogen (secondary N) is 1. The fraction of sp³-hybridized carbons (Fsp3) is 0.562. The molecule has 110 valence electrons. The lowest BCUT2D eigenvalue weighted by Gasteiger charge is -2.32. The summed E-state index contributed by atoms with van der Waals surface area (Å²) in [5.74, 6) is -0.881. The van der Waals surface area contributed by atoms with Crippen LogP contribution in [-0.2, 0) is 11.3 Å². The van der Waals surface area contributed by atoms with Gasteiger partial charge in [-0.05, 0) is 37.5 Å². The van der Waals surface area contributed by atoms with Gasteiger partial charge in [-0.25, -0.2) is 4.79 Å². The third kappa shape index (κ3) is 4.05. The van der Waals surface area contributed by atoms with Gasteiger partial charge in [-0.3, -0.25) is 0 Å². The van der Waals surface area contributed by atoms with Crippen LogP contribution in [0.2, 0.25) is 0 Å². The summed E-state index contributed by atoms with van der Waals surface area (Å²) < 4.78 is 5.79. The molecule has 0 aromatic heterocycles. The molecule has 1 fully saturated rings. The molecule has 2 rings (SSSR count). The first kappa shape index (κ1) is 15.0. The van der Waals surface area contributed by atoms with Crippen LogP contribution >= 0.6 is 0 Å². The van der Waals surface area contributed by atoms with Gasteiger partial charge >= 0.3 is 5.97 Å². The largest absolute Gasteiger partial charge is 0.478 e. The van der Waals surface area contributed by atoms with Crippen LogP contribution in [-0.4, -0.2) is 29.8 Å². The van der Waals surface area contributed by atoms with Gasteiger partial charge in [0.05, 0.1) is 11.7 Å². The molecule has 0 radical (unpaired) electrons. The Hall–Kier alpha value is -1.39. The Balaban J connectivity index is 1.88. The van der Waals surface area contributed by atoms with Gasteiger partial charge in [0.2, 0.25) is 0 Å². The van der Waals surface area contributed by atoms with Crippen molar-refractivity contribution in [2.24, 2.45) is 0 Å². The molecule has 0 aliphatic heterocycles. The Kier molecular flexibility index (Phi) is 5.56. The molecule has 1 aromatic rings. The van der Waals surface area contributed by atoms with E-state index in [2.05, 4.69) is 5.32 Å². The van der Waals surface area contributed by atoms with E-state index in [9.17, 15) is 4.79 Å². The molecule has 0 unspecified atom stereocenters. The molecule has 0 amide bonds. The average molecular weight is 277 g/mol. The molecule has 2 atom stereocenters. The van der Waals surface area contributed by atoms with Crippen LogP contribution < -0.4 is 5.32 Å². The minimum Gasteiger partial charge on any atom is -0.478 e. The van der Waals surface area contributed by atoms with E-state index in [0.29, 0.717) is 17.7 Å². The summed E-state index contributed by atoms with van der Waals surface area (Å²) in [5.41, 5.74) is 1.44. The summed E-state index contributed by atoms with van der Waals surface area (Å²) >= 11 is 0. The van der Waals surface area contributed by atoms with Gasteiger partial charge in [-0.15, -0.1) is 0 Å². The van der Waals surface area contributed by atoms with Crippen molar-refractivity contribution in [1.82, 2.24) is 5.32 Å². The molecule has 20 heavy (non-hydrogen) atoms. The Morgan fingerprint density at radius 1 is 1.30 bits per heavy atom. The van der Waals surface area contributed by atoms with Crippen LogP contribution in [0, 0.1) is 0 Å². The van der Waals surface area contributed by atoms with Gasteiger partial charge in [0.15, 0.2) is 0 Å². The summed E-state index contributed by atoms with van der Waals surface area (Å²) in [5, 5.41) is 12.4. The van der Waals surface area contributed by atoms with Gasteiger partial charge in [-0.2, -0.15) is 0 Å². The summed E-state index contributed by atoms with van der Waals surface area (Å²) in [6, 6.07) is 7.45. The highest BCUT2D eigenvalue weighted by Crippen LogP contribution is 2.21. The fourth-order valence-electron chi connectivity index (χ4n) is 2.76. The second-order valence-electron chi connectivity index (χ2n) is 5.27. The van der Waals surface area contributed by atoms with E-state index in [-0.39, 0.29) is 0 Å². The molecular weight excluding hydrogens is 254 g/mol. The number of ether oxygens (including phenoxy) is 1. The lowest BCUT2D eigenvalue weighted by Crippen LogP contribution is -2.43. The van der Waals surface area contributed by atoms with Crippen molar-refractivity contribution in [2.45, 2.75) is 51.3 Å². The highest BCUT2D eigenvalue weighted by Gasteiger charge is 2.24. The van der Waals surface area contributed by atoms with Crippen molar-refractivity contribution in [3.05, 3.63) is 35.4 Å². The number of rotatable bonds is 6. The fourth-order valence-corrected chi connectivity index (χ4v) is 2.76. The predicted octanol–water partition coefficient (Wildman–Crippen LogP) is 2.82. The molecule has 1 saturated carbocycles. The lowest BCUT2D eigenvalue weighted by molar-refractivity contribution is 0.0118. The number of carboxylic acid groups (broad SMARTS) is 1. The third-order valence-corrected chi connectivity index (χ3v) is 3.85. The first-order chi connectivity index (χ1) is 9.70. The SMILES string of the molecule is CCO[C@@H]1CCCC[C@H]1NCc1ccc(C(=O)O)cc1. The van der Waals surface area contributed by atoms with Crippen LogP contribution in [0.3, 0.4) is 0 Å². The highest BCUT2D eigenvalue weighted by molar-refractivity contribution is 5.87. The molecule has 2 N–H and O–H groups in total. The van der Waals surface area contributed by atoms with Gasteiger partial charge in [0.1, 0.15) is 0 Å². The number of benzene rings is 1. The van der Waals surface area contributed by atoms with Crippen molar-refractivity contribution < 1.29 is 14.6 Å². The van der Waals surface area contributed by atoms with Gasteiger partial charge < -0.3 is 15.2 Å². The second kappa shape index (κ2) is 7.41. The number of hydrogen-bond acceptors (Lipinski definition) is 3. The standard InChI is InChI=1S/C16H23NO3/c1-2-20-15-6-4-3-5-14(15)17-11-12-7-9-13(10-8-12)16(18)19/h7-10,14-15,17H,2-6,11H2,1H3,(H,18,19)/t14-,15-/m1/s1. The van der Waals surface area contributed by atoms with E-state index in [1.54, 1.807) is 12.1 Å². The van der Waals surface area contributed by atoms with E-state index >= 15 is 0 Å². The normalized spacial score (nSPS) is 22.6. The zero-order chi connectivity index (χ0) is 14.4. The maximum absolute atomic E-state index is 10.8. The summed E-state index contributed by atoms with van der Waals surface area (Å²) in [4.78, 5) is 10.8. The molecule has 1 aromatic carbocycles. The number of aromatic carboxylic acids is 1. The topological polar surface area (TPSA) is 58.6 Å². The van der Waals surface area contributed by atoms with E-state index in [4.69, 9.17) is 9.84 Å². The summed E-state index contributed by atoms with van der Waals surface area (Å²) in [6.45, 7) is 3.56. The number of carbonyl (C=O) groups is 1. The Labute approximate surface area is 120 Å². The molecule has 0 spiro atoms. The third-order valence-electron chi connectivity index (χ3n) is 3.85. The van der Waals surface area contributed by atoms with Gasteiger partial charge in [-0.1, -0.05) is 25.0 Å². The van der Waals surface area contributed by atoms with Crippen LogP contribution in [0.15, 0.2) is 24.3 Å². The zero-order valence-electron chi connectivity index (χ0n) is 12.0. The highest BCUT2D eigenvalue weighted by atomic mass is 16.5. The zero-order valence-corrected chi connectivity index (χ0v) is 12.0. The van der Waals surface area contributed by atoms with Gasteiger partial charge in [0.25, 0.3) is 0 Å². The molecule has 4 nitrogen and oxygen atoms in total. The molecule has 4 heteroatoms. The Morgan fingerprint density at radius 2 is 2.00 bits per heavy atom. The minimum absolute atomic E-state index is 0.312. The Bertz CT molecular complexity index is 428. The molecule has 1 aliphatic carbocycles. The molecule has 1 aliphatic rings. The monoisotopic (exact) mass is 277 g/mol. The molecular formula is C16H23NO3. The van der Waals surface area contributed by atoms with E-state index in [1.807, 2.05) is 19.1 Å². The van der Waals surface area contributed by atoms with Crippen molar-refractivity contribution >= 4 is 5.97 Å². The summed E-state index contributed by atoms with van der Waals surface area (Å²) in [7, 11) is 0. The smallest absolute Gasteiger partial charge is 0.335 e. The van der Waals surface area contributed by atoms with E-state index in [1.165, 1.54) is 12.8 Å². The van der Waals surface area contributed by atoms with E-state index in [0.717, 1.165) is 31.6 Å². The first-order valence-electron chi connectivity index (χ1n) is 7.38. The predicted molar refractivity (Wildman–Crippen MR) is 77.9 cm³/mol. The van der Waals surface area contributed by atoms with Gasteiger partial charge in [0, 0.05) is 19.2 Å². The van der Waals surface area contributed by atoms with Crippen LogP contribution in [0.4, 0.5) is 0 Å². The first-order valence-corrected chi connectivity index (χ1v) is 7.38. The van der Waals surface area contributed by atoms with E-state index < -0.39 is 5.97 Å². The van der Waals surface area contributed by atoms with Crippen molar-refractivity contribution in [3.8, 4) is 0 Å². The quantitative estimate of drug-likeness (QED) is 0.839. The van der Waals surface area contributed by atoms with Crippen molar-refractivity contribution in [2.75, 3.05) is 6.61 Å². The van der Waals surface area contributed by atoms with Crippen LogP contribution in [0.5, 0.6) is 0 Å². The number of hydrogen-bond donors (Lipinski definition) is 2. The maximum atomic E-state index is 10.8. The van der Waals surface area contributed by atoms with Crippen molar-refractivity contribution in [1.29, 1.82) is 0 Å². The molecule has 0 heterocycles. The second-order valence-corrected chi connectivity index (χ2v) is 5.27. The maximum Gasteiger partial charge on any atom is 0.335 e. The van der Waals surface area contributed by atoms with Crippen LogP contribution in [0.1, 0.15) is 48.5 Å². The molecule has 0 saturated heterocycles. The lowest BCUT2D eigenvalue weighted by atomic mass is 9.92. The van der Waals surface area contributed by atoms with Crippen molar-refractivity contribution in [3.63, 3.8) is 0 Å². The average Bonchev–Trinajstić information content (AvgIpc) is 2.47. The Morgan fingerprint density at radius 3 is 2.65 bits per heavy atom. The van der Waals surface area contributed by atoms with Crippen LogP contribution in [0.25, 0.3) is 0 Å². The molecule has 0 bridgehead atoms.